The first-order valence-corrected chi connectivity index (χ1v) is 6.33. The molecule has 90 valence electrons. The van der Waals surface area contributed by atoms with Crippen LogP contribution < -0.4 is 0 Å². The number of nitrogens with zero attached hydrogens (tertiary/aromatic N) is 3. The van der Waals surface area contributed by atoms with Crippen LogP contribution in [0.5, 0.6) is 0 Å². The highest BCUT2D eigenvalue weighted by molar-refractivity contribution is 4.90. The van der Waals surface area contributed by atoms with Crippen LogP contribution in [0.25, 0.3) is 0 Å². The number of aromatic nitrogens is 1. The maximum atomic E-state index is 2.57. The molecular weight excluding hydrogens is 198 g/mol. The first kappa shape index (κ1) is 11.7. The van der Waals surface area contributed by atoms with Gasteiger partial charge in [-0.3, -0.25) is 9.80 Å². The fraction of sp³-hybridized carbons (Fsp3) is 0.692. The number of rotatable bonds is 4. The van der Waals surface area contributed by atoms with Gasteiger partial charge in [-0.15, -0.1) is 0 Å². The Labute approximate surface area is 98.6 Å². The zero-order chi connectivity index (χ0) is 11.4. The van der Waals surface area contributed by atoms with Gasteiger partial charge in [0.25, 0.3) is 0 Å². The van der Waals surface area contributed by atoms with Crippen LogP contribution in [-0.4, -0.2) is 53.1 Å². The van der Waals surface area contributed by atoms with Gasteiger partial charge < -0.3 is 4.57 Å². The molecule has 2 rings (SSSR count). The van der Waals surface area contributed by atoms with E-state index in [4.69, 9.17) is 0 Å². The molecule has 16 heavy (non-hydrogen) atoms. The molecule has 1 aliphatic heterocycles. The second kappa shape index (κ2) is 5.51. The summed E-state index contributed by atoms with van der Waals surface area (Å²) in [5.74, 6) is 0. The Morgan fingerprint density at radius 1 is 0.938 bits per heavy atom. The smallest absolute Gasteiger partial charge is 0.0347 e. The molecule has 1 aromatic rings. The van der Waals surface area contributed by atoms with E-state index in [0.29, 0.717) is 6.04 Å². The highest BCUT2D eigenvalue weighted by atomic mass is 15.3. The van der Waals surface area contributed by atoms with Gasteiger partial charge in [0.1, 0.15) is 0 Å². The van der Waals surface area contributed by atoms with Gasteiger partial charge in [-0.1, -0.05) is 0 Å². The molecule has 0 saturated carbocycles. The summed E-state index contributed by atoms with van der Waals surface area (Å²) in [7, 11) is 0. The van der Waals surface area contributed by atoms with Crippen molar-refractivity contribution >= 4 is 0 Å². The van der Waals surface area contributed by atoms with E-state index < -0.39 is 0 Å². The summed E-state index contributed by atoms with van der Waals surface area (Å²) < 4.78 is 2.26. The minimum atomic E-state index is 0.701. The monoisotopic (exact) mass is 221 g/mol. The van der Waals surface area contributed by atoms with Crippen molar-refractivity contribution in [1.29, 1.82) is 0 Å². The van der Waals surface area contributed by atoms with E-state index >= 15 is 0 Å². The highest BCUT2D eigenvalue weighted by Gasteiger charge is 2.17. The third kappa shape index (κ3) is 3.09. The molecule has 3 heteroatoms. The molecule has 0 atom stereocenters. The van der Waals surface area contributed by atoms with E-state index in [-0.39, 0.29) is 0 Å². The molecule has 0 bridgehead atoms. The van der Waals surface area contributed by atoms with Crippen LogP contribution in [0.15, 0.2) is 24.5 Å². The van der Waals surface area contributed by atoms with Gasteiger partial charge in [0.15, 0.2) is 0 Å². The number of hydrogen-bond acceptors (Lipinski definition) is 2. The van der Waals surface area contributed by atoms with Gasteiger partial charge >= 0.3 is 0 Å². The van der Waals surface area contributed by atoms with Gasteiger partial charge in [0, 0.05) is 57.7 Å². The van der Waals surface area contributed by atoms with E-state index in [2.05, 4.69) is 52.7 Å². The minimum Gasteiger partial charge on any atom is -0.353 e. The van der Waals surface area contributed by atoms with Crippen LogP contribution in [0.2, 0.25) is 0 Å². The molecule has 0 aliphatic carbocycles. The Hall–Kier alpha value is -0.800. The first-order chi connectivity index (χ1) is 7.75. The van der Waals surface area contributed by atoms with Crippen molar-refractivity contribution in [2.45, 2.75) is 26.4 Å². The lowest BCUT2D eigenvalue weighted by Crippen LogP contribution is -2.49. The average Bonchev–Trinajstić information content (AvgIpc) is 2.80. The number of piperazine rings is 1. The zero-order valence-electron chi connectivity index (χ0n) is 10.5. The molecule has 0 N–H and O–H groups in total. The van der Waals surface area contributed by atoms with E-state index in [9.17, 15) is 0 Å². The second-order valence-electron chi connectivity index (χ2n) is 4.89. The predicted octanol–water partition coefficient (Wildman–Crippen LogP) is 1.51. The molecule has 1 aliphatic rings. The largest absolute Gasteiger partial charge is 0.353 e. The molecule has 1 saturated heterocycles. The standard InChI is InChI=1S/C13H23N3/c1-13(2)16-11-9-15(10-12-16)8-7-14-5-3-4-6-14/h3-6,13H,7-12H2,1-2H3. The summed E-state index contributed by atoms with van der Waals surface area (Å²) in [5, 5.41) is 0. The number of hydrogen-bond donors (Lipinski definition) is 0. The maximum absolute atomic E-state index is 2.57. The van der Waals surface area contributed by atoms with Crippen LogP contribution in [-0.2, 0) is 6.54 Å². The van der Waals surface area contributed by atoms with Gasteiger partial charge in [-0.05, 0) is 26.0 Å². The molecule has 3 nitrogen and oxygen atoms in total. The molecular formula is C13H23N3. The lowest BCUT2D eigenvalue weighted by Gasteiger charge is -2.36. The highest BCUT2D eigenvalue weighted by Crippen LogP contribution is 2.05. The minimum absolute atomic E-state index is 0.701. The molecule has 0 radical (unpaired) electrons. The predicted molar refractivity (Wildman–Crippen MR) is 67.6 cm³/mol. The van der Waals surface area contributed by atoms with Crippen molar-refractivity contribution in [3.05, 3.63) is 24.5 Å². The maximum Gasteiger partial charge on any atom is 0.0347 e. The fourth-order valence-corrected chi connectivity index (χ4v) is 2.28. The van der Waals surface area contributed by atoms with Crippen molar-refractivity contribution in [1.82, 2.24) is 14.4 Å². The normalized spacial score (nSPS) is 19.4. The van der Waals surface area contributed by atoms with Crippen LogP contribution >= 0.6 is 0 Å². The third-order valence-corrected chi connectivity index (χ3v) is 3.48. The molecule has 1 aromatic heterocycles. The van der Waals surface area contributed by atoms with Crippen molar-refractivity contribution in [2.75, 3.05) is 32.7 Å². The van der Waals surface area contributed by atoms with Crippen LogP contribution in [0.4, 0.5) is 0 Å². The van der Waals surface area contributed by atoms with E-state index in [1.165, 1.54) is 32.7 Å². The van der Waals surface area contributed by atoms with E-state index in [1.807, 2.05) is 0 Å². The first-order valence-electron chi connectivity index (χ1n) is 6.33. The van der Waals surface area contributed by atoms with Gasteiger partial charge in [-0.2, -0.15) is 0 Å². The second-order valence-corrected chi connectivity index (χ2v) is 4.89. The van der Waals surface area contributed by atoms with Crippen LogP contribution in [0.1, 0.15) is 13.8 Å². The van der Waals surface area contributed by atoms with Crippen molar-refractivity contribution in [3.63, 3.8) is 0 Å². The summed E-state index contributed by atoms with van der Waals surface area (Å²) in [4.78, 5) is 5.13. The zero-order valence-corrected chi connectivity index (χ0v) is 10.5. The lowest BCUT2D eigenvalue weighted by atomic mass is 10.2. The lowest BCUT2D eigenvalue weighted by molar-refractivity contribution is 0.106. The van der Waals surface area contributed by atoms with Gasteiger partial charge in [0.05, 0.1) is 0 Å². The van der Waals surface area contributed by atoms with E-state index in [0.717, 1.165) is 6.54 Å². The third-order valence-electron chi connectivity index (χ3n) is 3.48. The summed E-state index contributed by atoms with van der Waals surface area (Å²) in [6.45, 7) is 11.8. The molecule has 0 aromatic carbocycles. The summed E-state index contributed by atoms with van der Waals surface area (Å²) in [6.07, 6.45) is 4.29. The molecule has 0 spiro atoms. The Morgan fingerprint density at radius 2 is 1.56 bits per heavy atom. The Kier molecular flexibility index (Phi) is 4.02. The molecule has 1 fully saturated rings. The molecule has 2 heterocycles. The summed E-state index contributed by atoms with van der Waals surface area (Å²) in [6, 6.07) is 4.89. The quantitative estimate of drug-likeness (QED) is 0.763. The molecule has 0 amide bonds. The topological polar surface area (TPSA) is 11.4 Å². The Balaban J connectivity index is 1.69. The summed E-state index contributed by atoms with van der Waals surface area (Å²) >= 11 is 0. The fourth-order valence-electron chi connectivity index (χ4n) is 2.28. The van der Waals surface area contributed by atoms with Crippen LogP contribution in [0.3, 0.4) is 0 Å². The van der Waals surface area contributed by atoms with Crippen molar-refractivity contribution in [2.24, 2.45) is 0 Å². The Morgan fingerprint density at radius 3 is 2.12 bits per heavy atom. The van der Waals surface area contributed by atoms with Crippen molar-refractivity contribution in [3.8, 4) is 0 Å². The van der Waals surface area contributed by atoms with Crippen molar-refractivity contribution < 1.29 is 0 Å². The average molecular weight is 221 g/mol. The summed E-state index contributed by atoms with van der Waals surface area (Å²) in [5.41, 5.74) is 0. The van der Waals surface area contributed by atoms with Crippen LogP contribution in [0, 0.1) is 0 Å². The van der Waals surface area contributed by atoms with Gasteiger partial charge in [-0.25, -0.2) is 0 Å². The van der Waals surface area contributed by atoms with E-state index in [1.54, 1.807) is 0 Å². The molecule has 0 unspecified atom stereocenters. The Bertz CT molecular complexity index is 284. The SMILES string of the molecule is CC(C)N1CCN(CCn2cccc2)CC1. The van der Waals surface area contributed by atoms with Gasteiger partial charge in [0.2, 0.25) is 0 Å².